The molecule has 3 aromatic carbocycles. The molecule has 76 heavy (non-hydrogen) atoms. The Morgan fingerprint density at radius 2 is 1.07 bits per heavy atom. The third-order valence-electron chi connectivity index (χ3n) is 17.1. The second kappa shape index (κ2) is 21.8. The molecule has 6 atom stereocenters. The maximum Gasteiger partial charge on any atom is 0.407 e. The number of carboxylic acid groups (broad SMARTS) is 1. The summed E-state index contributed by atoms with van der Waals surface area (Å²) in [6, 6.07) is 3.88. The number of nitrogens with zero attached hydrogens (tertiary/aromatic N) is 6. The number of fused-ring (bicyclic) bond motifs is 2. The van der Waals surface area contributed by atoms with E-state index in [1.54, 1.807) is 45.6 Å². The Labute approximate surface area is 439 Å². The molecular weight excluding hydrogens is 985 g/mol. The number of hydrogen-bond donors (Lipinski definition) is 5. The van der Waals surface area contributed by atoms with E-state index in [2.05, 4.69) is 20.6 Å². The third kappa shape index (κ3) is 10.2. The fourth-order valence-electron chi connectivity index (χ4n) is 13.3. The molecule has 0 spiro atoms. The monoisotopic (exact) mass is 1050 g/mol. The van der Waals surface area contributed by atoms with Gasteiger partial charge in [-0.05, 0) is 111 Å². The van der Waals surface area contributed by atoms with Crippen LogP contribution in [0, 0.1) is 46.9 Å². The highest BCUT2D eigenvalue weighted by atomic mass is 19.1. The van der Waals surface area contributed by atoms with Gasteiger partial charge < -0.3 is 50.0 Å². The number of ether oxygens (including phenoxy) is 1. The highest BCUT2D eigenvalue weighted by molar-refractivity contribution is 5.87. The van der Waals surface area contributed by atoms with Crippen LogP contribution < -0.4 is 20.4 Å². The zero-order valence-electron chi connectivity index (χ0n) is 43.9. The van der Waals surface area contributed by atoms with Crippen LogP contribution in [0.25, 0.3) is 22.1 Å². The Morgan fingerprint density at radius 3 is 1.53 bits per heavy atom. The number of anilines is 2. The number of alkyl carbamates (subject to hydrolysis) is 1. The van der Waals surface area contributed by atoms with Crippen LogP contribution in [0.3, 0.4) is 0 Å². The highest BCUT2D eigenvalue weighted by Gasteiger charge is 2.43. The van der Waals surface area contributed by atoms with Crippen molar-refractivity contribution >= 4 is 57.4 Å². The van der Waals surface area contributed by atoms with Crippen molar-refractivity contribution in [1.29, 1.82) is 0 Å². The molecule has 0 bridgehead atoms. The molecule has 4 saturated heterocycles. The van der Waals surface area contributed by atoms with Crippen molar-refractivity contribution < 1.29 is 46.6 Å². The van der Waals surface area contributed by atoms with Crippen LogP contribution in [0.5, 0.6) is 0 Å². The minimum absolute atomic E-state index is 0.107. The number of piperidine rings is 1. The Kier molecular flexibility index (Phi) is 15.1. The normalized spacial score (nSPS) is 22.6. The quantitative estimate of drug-likeness (QED) is 0.0709. The summed E-state index contributed by atoms with van der Waals surface area (Å²) in [5, 5.41) is 14.5. The molecule has 408 valence electrons. The van der Waals surface area contributed by atoms with Gasteiger partial charge in [-0.2, -0.15) is 0 Å². The molecule has 5 aliphatic rings. The van der Waals surface area contributed by atoms with E-state index in [9.17, 15) is 24.3 Å². The van der Waals surface area contributed by atoms with Crippen molar-refractivity contribution in [3.05, 3.63) is 82.4 Å². The van der Waals surface area contributed by atoms with Crippen LogP contribution in [-0.2, 0) is 14.3 Å². The molecule has 16 nitrogen and oxygen atoms in total. The molecule has 10 rings (SSSR count). The summed E-state index contributed by atoms with van der Waals surface area (Å²) < 4.78 is 72.4. The van der Waals surface area contributed by atoms with E-state index < -0.39 is 71.7 Å². The molecule has 5 aromatic rings. The minimum Gasteiger partial charge on any atom is -0.465 e. The molecule has 2 aromatic heterocycles. The average Bonchev–Trinajstić information content (AvgIpc) is 4.26. The standard InChI is InChI=1S/C56H70F4N10O6/c1-29(2)48(65-55(73)74)53(71)68-19-9-13-46(68)51-61-40-25-34(36(57)27-42(40)63-51)44-15-16-45(70(44)33-23-38(59)50(39(60)24-33)67-21-17-32(18-22-67)31-11-7-6-8-12-31)35-26-41-43(28-37(35)58)64-52(62-41)47-14-10-20-69(47)54(72)49(30(3)4)66-56(75)76-5/h23-32,44-49,65H,6-22H2,1-5H3,(H,61,63)(H,62,64)(H,66,75)(H,73,74)/t44-,45-,46+,47+,48+,49?/m1/s1. The van der Waals surface area contributed by atoms with Crippen LogP contribution in [0.4, 0.5) is 38.5 Å². The SMILES string of the molecule is COC(=O)NC(C(=O)N1CCC[C@H]1c1nc2cc([C@H]3CC[C@H](c4cc5nc([C@@H]6CCCN6C(=O)[C@@H](NC(=O)O)C(C)C)[nH]c5cc4F)N3c3cc(F)c(N4CCC(C5CCCCC5)CC4)c(F)c3)c(F)cc2[nH]1)C(C)C. The van der Waals surface area contributed by atoms with Crippen LogP contribution in [0.2, 0.25) is 0 Å². The van der Waals surface area contributed by atoms with E-state index >= 15 is 17.6 Å². The first-order valence-corrected chi connectivity index (χ1v) is 27.3. The molecular formula is C56H70F4N10O6. The summed E-state index contributed by atoms with van der Waals surface area (Å²) in [6.07, 6.45) is 8.74. The number of nitrogens with one attached hydrogen (secondary N) is 4. The van der Waals surface area contributed by atoms with Crippen molar-refractivity contribution in [2.45, 2.75) is 147 Å². The lowest BCUT2D eigenvalue weighted by Crippen LogP contribution is -2.51. The van der Waals surface area contributed by atoms with Gasteiger partial charge in [-0.25, -0.2) is 37.1 Å². The Balaban J connectivity index is 0.991. The Bertz CT molecular complexity index is 2960. The van der Waals surface area contributed by atoms with E-state index in [0.717, 1.165) is 12.8 Å². The topological polar surface area (TPSA) is 192 Å². The number of rotatable bonds is 13. The van der Waals surface area contributed by atoms with Crippen LogP contribution in [-0.4, -0.2) is 104 Å². The summed E-state index contributed by atoms with van der Waals surface area (Å²) in [7, 11) is 1.23. The number of benzene rings is 3. The number of aromatic nitrogens is 4. The molecule has 1 unspecified atom stereocenters. The fourth-order valence-corrected chi connectivity index (χ4v) is 13.3. The lowest BCUT2D eigenvalue weighted by molar-refractivity contribution is -0.136. The average molecular weight is 1060 g/mol. The first-order chi connectivity index (χ1) is 36.5. The minimum atomic E-state index is -1.31. The van der Waals surface area contributed by atoms with E-state index in [-0.39, 0.29) is 59.0 Å². The predicted molar refractivity (Wildman–Crippen MR) is 278 cm³/mol. The van der Waals surface area contributed by atoms with Crippen molar-refractivity contribution in [1.82, 2.24) is 40.4 Å². The number of H-pyrrole nitrogens is 2. The van der Waals surface area contributed by atoms with Gasteiger partial charge >= 0.3 is 12.2 Å². The molecule has 20 heteroatoms. The number of aromatic amines is 2. The van der Waals surface area contributed by atoms with Crippen molar-refractivity contribution in [2.24, 2.45) is 23.7 Å². The Morgan fingerprint density at radius 1 is 0.592 bits per heavy atom. The molecule has 0 radical (unpaired) electrons. The van der Waals surface area contributed by atoms with Crippen molar-refractivity contribution in [3.8, 4) is 0 Å². The summed E-state index contributed by atoms with van der Waals surface area (Å²) in [6.45, 7) is 9.02. The molecule has 1 saturated carbocycles. The van der Waals surface area contributed by atoms with E-state index in [1.807, 2.05) is 13.8 Å². The molecule has 6 heterocycles. The predicted octanol–water partition coefficient (Wildman–Crippen LogP) is 10.9. The number of carbonyl (C=O) groups excluding carboxylic acids is 3. The lowest BCUT2D eigenvalue weighted by atomic mass is 9.76. The van der Waals surface area contributed by atoms with Crippen LogP contribution in [0.15, 0.2) is 36.4 Å². The van der Waals surface area contributed by atoms with Gasteiger partial charge in [0.2, 0.25) is 11.8 Å². The molecule has 4 aliphatic heterocycles. The van der Waals surface area contributed by atoms with Gasteiger partial charge in [0.25, 0.3) is 0 Å². The van der Waals surface area contributed by atoms with Gasteiger partial charge in [-0.15, -0.1) is 0 Å². The second-order valence-electron chi connectivity index (χ2n) is 22.4. The first kappa shape index (κ1) is 52.8. The summed E-state index contributed by atoms with van der Waals surface area (Å²) in [5.74, 6) is -1.99. The fraction of sp³-hybridized carbons (Fsp3) is 0.571. The highest BCUT2D eigenvalue weighted by Crippen LogP contribution is 2.50. The van der Waals surface area contributed by atoms with Gasteiger partial charge in [-0.1, -0.05) is 59.8 Å². The van der Waals surface area contributed by atoms with Crippen molar-refractivity contribution in [2.75, 3.05) is 43.1 Å². The van der Waals surface area contributed by atoms with Gasteiger partial charge in [0.15, 0.2) is 11.6 Å². The second-order valence-corrected chi connectivity index (χ2v) is 22.4. The molecule has 1 aliphatic carbocycles. The molecule has 5 N–H and O–H groups in total. The number of imidazole rings is 2. The molecule has 4 amide bonds. The lowest BCUT2D eigenvalue weighted by Gasteiger charge is -2.39. The number of methoxy groups -OCH3 is 1. The van der Waals surface area contributed by atoms with Crippen LogP contribution >= 0.6 is 0 Å². The van der Waals surface area contributed by atoms with Gasteiger partial charge in [0.05, 0.1) is 53.3 Å². The van der Waals surface area contributed by atoms with E-state index in [0.29, 0.717) is 97.4 Å². The van der Waals surface area contributed by atoms with Gasteiger partial charge in [0, 0.05) is 43.0 Å². The zero-order valence-corrected chi connectivity index (χ0v) is 43.9. The molecule has 5 fully saturated rings. The third-order valence-corrected chi connectivity index (χ3v) is 17.1. The number of hydrogen-bond acceptors (Lipinski definition) is 9. The number of carbonyl (C=O) groups is 4. The number of amides is 4. The largest absolute Gasteiger partial charge is 0.465 e. The first-order valence-electron chi connectivity index (χ1n) is 27.3. The van der Waals surface area contributed by atoms with Gasteiger partial charge in [-0.3, -0.25) is 9.59 Å². The maximum atomic E-state index is 17.0. The summed E-state index contributed by atoms with van der Waals surface area (Å²) >= 11 is 0. The summed E-state index contributed by atoms with van der Waals surface area (Å²) in [5.41, 5.74) is 1.92. The van der Waals surface area contributed by atoms with E-state index in [4.69, 9.17) is 14.7 Å². The van der Waals surface area contributed by atoms with Crippen molar-refractivity contribution in [3.63, 3.8) is 0 Å². The van der Waals surface area contributed by atoms with Gasteiger partial charge in [0.1, 0.15) is 41.1 Å². The number of halogens is 4. The number of likely N-dealkylation sites (tertiary alicyclic amines) is 2. The maximum absolute atomic E-state index is 17.0. The van der Waals surface area contributed by atoms with Crippen LogP contribution in [0.1, 0.15) is 158 Å². The zero-order chi connectivity index (χ0) is 53.7. The smallest absolute Gasteiger partial charge is 0.407 e. The Hall–Kier alpha value is -6.60. The summed E-state index contributed by atoms with van der Waals surface area (Å²) in [4.78, 5) is 74.7. The van der Waals surface area contributed by atoms with E-state index in [1.165, 1.54) is 63.5 Å².